The van der Waals surface area contributed by atoms with Crippen LogP contribution in [0.1, 0.15) is 5.69 Å². The summed E-state index contributed by atoms with van der Waals surface area (Å²) in [6.45, 7) is 0.294. The highest BCUT2D eigenvalue weighted by Gasteiger charge is 2.07. The minimum absolute atomic E-state index is 0.294. The molecule has 0 saturated carbocycles. The Kier molecular flexibility index (Phi) is 3.63. The Balaban J connectivity index is 2.08. The zero-order chi connectivity index (χ0) is 11.5. The van der Waals surface area contributed by atoms with Crippen LogP contribution >= 0.6 is 39.1 Å². The number of nitrogens with two attached hydrogens (primary N) is 1. The lowest BCUT2D eigenvalue weighted by molar-refractivity contribution is 0.300. The molecule has 84 valence electrons. The molecule has 0 radical (unpaired) electrons. The van der Waals surface area contributed by atoms with Crippen molar-refractivity contribution < 1.29 is 4.74 Å². The van der Waals surface area contributed by atoms with Gasteiger partial charge in [-0.25, -0.2) is 0 Å². The van der Waals surface area contributed by atoms with Crippen molar-refractivity contribution in [2.24, 2.45) is 0 Å². The largest absolute Gasteiger partial charge is 0.486 e. The number of halogens is 2. The third-order valence-electron chi connectivity index (χ3n) is 1.84. The van der Waals surface area contributed by atoms with Gasteiger partial charge in [-0.3, -0.25) is 0 Å². The fourth-order valence-electron chi connectivity index (χ4n) is 1.05. The predicted octanol–water partition coefficient (Wildman–Crippen LogP) is 3.12. The minimum atomic E-state index is 0.294. The summed E-state index contributed by atoms with van der Waals surface area (Å²) in [5, 5.41) is 5.08. The van der Waals surface area contributed by atoms with E-state index < -0.39 is 0 Å². The lowest BCUT2D eigenvalue weighted by Gasteiger charge is -2.06. The molecule has 0 aliphatic heterocycles. The molecule has 0 aliphatic carbocycles. The van der Waals surface area contributed by atoms with Crippen LogP contribution in [0.3, 0.4) is 0 Å². The second kappa shape index (κ2) is 4.99. The third-order valence-corrected chi connectivity index (χ3v) is 3.29. The number of ether oxygens (including phenoxy) is 1. The van der Waals surface area contributed by atoms with Crippen molar-refractivity contribution in [3.63, 3.8) is 0 Å². The molecule has 0 bridgehead atoms. The van der Waals surface area contributed by atoms with E-state index in [0.717, 1.165) is 16.0 Å². The molecule has 7 heteroatoms. The number of anilines is 1. The summed E-state index contributed by atoms with van der Waals surface area (Å²) >= 11 is 10.3. The minimum Gasteiger partial charge on any atom is -0.486 e. The van der Waals surface area contributed by atoms with Gasteiger partial charge >= 0.3 is 0 Å². The molecule has 0 unspecified atom stereocenters. The van der Waals surface area contributed by atoms with Gasteiger partial charge in [-0.05, 0) is 34.1 Å². The molecule has 0 fully saturated rings. The first-order valence-electron chi connectivity index (χ1n) is 4.31. The van der Waals surface area contributed by atoms with Crippen molar-refractivity contribution in [2.45, 2.75) is 6.61 Å². The van der Waals surface area contributed by atoms with E-state index in [0.29, 0.717) is 28.1 Å². The van der Waals surface area contributed by atoms with Gasteiger partial charge < -0.3 is 10.5 Å². The maximum absolute atomic E-state index is 5.82. The SMILES string of the molecule is Nc1snnc1COc1ccc(Cl)cc1Br. The van der Waals surface area contributed by atoms with Crippen molar-refractivity contribution in [1.82, 2.24) is 9.59 Å². The molecule has 1 aromatic heterocycles. The average Bonchev–Trinajstić information content (AvgIpc) is 2.63. The fourth-order valence-corrected chi connectivity index (χ4v) is 2.28. The Morgan fingerprint density at radius 1 is 1.50 bits per heavy atom. The van der Waals surface area contributed by atoms with Crippen LogP contribution in [0.15, 0.2) is 22.7 Å². The summed E-state index contributed by atoms with van der Waals surface area (Å²) in [7, 11) is 0. The van der Waals surface area contributed by atoms with Crippen LogP contribution in [-0.2, 0) is 6.61 Å². The predicted molar refractivity (Wildman–Crippen MR) is 67.8 cm³/mol. The second-order valence-corrected chi connectivity index (χ2v) is 5.02. The molecule has 0 saturated heterocycles. The Labute approximate surface area is 110 Å². The fraction of sp³-hybridized carbons (Fsp3) is 0.111. The smallest absolute Gasteiger partial charge is 0.136 e. The molecule has 2 rings (SSSR count). The molecule has 4 nitrogen and oxygen atoms in total. The number of hydrogen-bond donors (Lipinski definition) is 1. The summed E-state index contributed by atoms with van der Waals surface area (Å²) in [5.41, 5.74) is 6.29. The maximum Gasteiger partial charge on any atom is 0.136 e. The summed E-state index contributed by atoms with van der Waals surface area (Å²) in [6.07, 6.45) is 0. The zero-order valence-electron chi connectivity index (χ0n) is 7.98. The van der Waals surface area contributed by atoms with Crippen LogP contribution in [-0.4, -0.2) is 9.59 Å². The molecule has 1 heterocycles. The van der Waals surface area contributed by atoms with Gasteiger partial charge in [0.1, 0.15) is 23.1 Å². The van der Waals surface area contributed by atoms with Crippen LogP contribution in [0.25, 0.3) is 0 Å². The molecule has 0 aliphatic rings. The monoisotopic (exact) mass is 319 g/mol. The first-order valence-corrected chi connectivity index (χ1v) is 6.26. The number of hydrogen-bond acceptors (Lipinski definition) is 5. The normalized spacial score (nSPS) is 10.4. The zero-order valence-corrected chi connectivity index (χ0v) is 11.1. The van der Waals surface area contributed by atoms with Crippen LogP contribution in [0.5, 0.6) is 5.75 Å². The number of rotatable bonds is 3. The third kappa shape index (κ3) is 2.63. The van der Waals surface area contributed by atoms with Gasteiger partial charge in [-0.15, -0.1) is 5.10 Å². The van der Waals surface area contributed by atoms with E-state index in [1.807, 2.05) is 0 Å². The highest BCUT2D eigenvalue weighted by molar-refractivity contribution is 9.10. The van der Waals surface area contributed by atoms with E-state index in [2.05, 4.69) is 25.5 Å². The number of benzene rings is 1. The molecular weight excluding hydrogens is 314 g/mol. The van der Waals surface area contributed by atoms with Gasteiger partial charge in [-0.1, -0.05) is 16.1 Å². The van der Waals surface area contributed by atoms with Crippen molar-refractivity contribution in [1.29, 1.82) is 0 Å². The van der Waals surface area contributed by atoms with Crippen LogP contribution in [0, 0.1) is 0 Å². The topological polar surface area (TPSA) is 61.0 Å². The summed E-state index contributed by atoms with van der Waals surface area (Å²) in [4.78, 5) is 0. The summed E-state index contributed by atoms with van der Waals surface area (Å²) in [6, 6.07) is 5.30. The Bertz CT molecular complexity index is 505. The molecule has 0 spiro atoms. The number of aromatic nitrogens is 2. The first kappa shape index (κ1) is 11.6. The van der Waals surface area contributed by atoms with Crippen LogP contribution in [0.4, 0.5) is 5.00 Å². The highest BCUT2D eigenvalue weighted by Crippen LogP contribution is 2.29. The molecular formula is C9H7BrClN3OS. The van der Waals surface area contributed by atoms with Crippen molar-refractivity contribution >= 4 is 44.1 Å². The maximum atomic E-state index is 5.82. The van der Waals surface area contributed by atoms with Crippen LogP contribution in [0.2, 0.25) is 5.02 Å². The van der Waals surface area contributed by atoms with E-state index in [4.69, 9.17) is 22.1 Å². The van der Waals surface area contributed by atoms with E-state index >= 15 is 0 Å². The molecule has 2 aromatic rings. The average molecular weight is 321 g/mol. The molecule has 1 aromatic carbocycles. The van der Waals surface area contributed by atoms with Crippen molar-refractivity contribution in [3.05, 3.63) is 33.4 Å². The van der Waals surface area contributed by atoms with Crippen molar-refractivity contribution in [3.8, 4) is 5.75 Å². The van der Waals surface area contributed by atoms with E-state index in [-0.39, 0.29) is 0 Å². The van der Waals surface area contributed by atoms with Gasteiger partial charge in [-0.2, -0.15) is 0 Å². The molecule has 0 amide bonds. The summed E-state index contributed by atoms with van der Waals surface area (Å²) in [5.74, 6) is 0.691. The van der Waals surface area contributed by atoms with Gasteiger partial charge in [0.05, 0.1) is 4.47 Å². The van der Waals surface area contributed by atoms with Gasteiger partial charge in [0.25, 0.3) is 0 Å². The Morgan fingerprint density at radius 2 is 2.31 bits per heavy atom. The Hall–Kier alpha value is -0.850. The number of nitrogen functional groups attached to an aromatic ring is 1. The molecule has 2 N–H and O–H groups in total. The molecule has 0 atom stereocenters. The van der Waals surface area contributed by atoms with E-state index in [1.165, 1.54) is 0 Å². The van der Waals surface area contributed by atoms with Crippen LogP contribution < -0.4 is 10.5 Å². The van der Waals surface area contributed by atoms with Gasteiger partial charge in [0.15, 0.2) is 0 Å². The Morgan fingerprint density at radius 3 is 2.94 bits per heavy atom. The standard InChI is InChI=1S/C9H7BrClN3OS/c10-6-3-5(11)1-2-8(6)15-4-7-9(12)16-14-13-7/h1-3H,4,12H2. The van der Waals surface area contributed by atoms with Gasteiger partial charge in [0.2, 0.25) is 0 Å². The van der Waals surface area contributed by atoms with E-state index in [9.17, 15) is 0 Å². The van der Waals surface area contributed by atoms with Gasteiger partial charge in [0, 0.05) is 16.6 Å². The summed E-state index contributed by atoms with van der Waals surface area (Å²) < 4.78 is 10.1. The van der Waals surface area contributed by atoms with Crippen molar-refractivity contribution in [2.75, 3.05) is 5.73 Å². The second-order valence-electron chi connectivity index (χ2n) is 2.95. The number of nitrogens with zero attached hydrogens (tertiary/aromatic N) is 2. The lowest BCUT2D eigenvalue weighted by Crippen LogP contribution is -1.99. The van der Waals surface area contributed by atoms with E-state index in [1.54, 1.807) is 18.2 Å². The highest BCUT2D eigenvalue weighted by atomic mass is 79.9. The quantitative estimate of drug-likeness (QED) is 0.944. The first-order chi connectivity index (χ1) is 7.66. The molecule has 16 heavy (non-hydrogen) atoms. The lowest BCUT2D eigenvalue weighted by atomic mass is 10.3.